The van der Waals surface area contributed by atoms with Gasteiger partial charge in [-0.3, -0.25) is 10.1 Å². The Kier molecular flexibility index (Phi) is 4.32. The summed E-state index contributed by atoms with van der Waals surface area (Å²) in [6.07, 6.45) is 0. The van der Waals surface area contributed by atoms with Gasteiger partial charge in [0.1, 0.15) is 5.02 Å². The van der Waals surface area contributed by atoms with Crippen molar-refractivity contribution in [2.45, 2.75) is 13.0 Å². The molecule has 1 aliphatic heterocycles. The number of halogens is 1. The van der Waals surface area contributed by atoms with Crippen molar-refractivity contribution in [3.8, 4) is 0 Å². The predicted molar refractivity (Wildman–Crippen MR) is 77.2 cm³/mol. The van der Waals surface area contributed by atoms with Gasteiger partial charge in [0.25, 0.3) is 5.69 Å². The maximum Gasteiger partial charge on any atom is 0.337 e. The van der Waals surface area contributed by atoms with E-state index in [1.807, 2.05) is 0 Å². The first-order valence-electron chi connectivity index (χ1n) is 6.15. The molecule has 1 heterocycles. The third-order valence-corrected chi connectivity index (χ3v) is 3.49. The Morgan fingerprint density at radius 1 is 1.45 bits per heavy atom. The zero-order valence-electron chi connectivity index (χ0n) is 11.7. The monoisotopic (exact) mass is 325 g/mol. The summed E-state index contributed by atoms with van der Waals surface area (Å²) in [4.78, 5) is 33.9. The lowest BCUT2D eigenvalue weighted by molar-refractivity contribution is -0.384. The lowest BCUT2D eigenvalue weighted by Crippen LogP contribution is -2.45. The number of urea groups is 1. The van der Waals surface area contributed by atoms with Crippen molar-refractivity contribution >= 4 is 29.3 Å². The van der Waals surface area contributed by atoms with Crippen LogP contribution >= 0.6 is 11.6 Å². The van der Waals surface area contributed by atoms with E-state index >= 15 is 0 Å². The SMILES string of the molecule is COC(=O)C1=C(C)NC(=O)N[C@H]1c1ccc(Cl)c([N+](=O)[O-])c1. The average molecular weight is 326 g/mol. The summed E-state index contributed by atoms with van der Waals surface area (Å²) in [7, 11) is 1.21. The number of ether oxygens (including phenoxy) is 1. The van der Waals surface area contributed by atoms with Gasteiger partial charge in [0.15, 0.2) is 0 Å². The largest absolute Gasteiger partial charge is 0.466 e. The summed E-state index contributed by atoms with van der Waals surface area (Å²) in [6, 6.07) is 2.68. The molecule has 0 bridgehead atoms. The van der Waals surface area contributed by atoms with E-state index in [9.17, 15) is 19.7 Å². The Hall–Kier alpha value is -2.61. The summed E-state index contributed by atoms with van der Waals surface area (Å²) in [5.41, 5.74) is 0.524. The second-order valence-electron chi connectivity index (χ2n) is 4.53. The molecule has 2 rings (SSSR count). The first kappa shape index (κ1) is 15.8. The fourth-order valence-corrected chi connectivity index (χ4v) is 2.36. The molecule has 0 radical (unpaired) electrons. The van der Waals surface area contributed by atoms with Crippen molar-refractivity contribution in [3.63, 3.8) is 0 Å². The van der Waals surface area contributed by atoms with Gasteiger partial charge in [-0.2, -0.15) is 0 Å². The van der Waals surface area contributed by atoms with Gasteiger partial charge in [-0.1, -0.05) is 17.7 Å². The zero-order valence-corrected chi connectivity index (χ0v) is 12.4. The van der Waals surface area contributed by atoms with E-state index in [4.69, 9.17) is 16.3 Å². The third kappa shape index (κ3) is 2.86. The highest BCUT2D eigenvalue weighted by Crippen LogP contribution is 2.32. The molecule has 0 saturated carbocycles. The standard InChI is InChI=1S/C13H12ClN3O5/c1-6-10(12(18)22-2)11(16-13(19)15-6)7-3-4-8(14)9(5-7)17(20)21/h3-5,11H,1-2H3,(H2,15,16,19)/t11-/m0/s1. The number of nitrogens with zero attached hydrogens (tertiary/aromatic N) is 1. The van der Waals surface area contributed by atoms with Gasteiger partial charge < -0.3 is 15.4 Å². The molecule has 1 aromatic carbocycles. The summed E-state index contributed by atoms with van der Waals surface area (Å²) in [6.45, 7) is 1.54. The van der Waals surface area contributed by atoms with Crippen LogP contribution in [0.25, 0.3) is 0 Å². The number of allylic oxidation sites excluding steroid dienone is 1. The van der Waals surface area contributed by atoms with E-state index < -0.39 is 23.0 Å². The van der Waals surface area contributed by atoms with Crippen LogP contribution in [-0.2, 0) is 9.53 Å². The molecule has 116 valence electrons. The lowest BCUT2D eigenvalue weighted by atomic mass is 9.95. The fourth-order valence-electron chi connectivity index (χ4n) is 2.17. The third-order valence-electron chi connectivity index (χ3n) is 3.17. The number of hydrogen-bond acceptors (Lipinski definition) is 5. The zero-order chi connectivity index (χ0) is 16.4. The Bertz CT molecular complexity index is 701. The Balaban J connectivity index is 2.55. The second-order valence-corrected chi connectivity index (χ2v) is 4.94. The van der Waals surface area contributed by atoms with Crippen LogP contribution in [0.4, 0.5) is 10.5 Å². The molecular weight excluding hydrogens is 314 g/mol. The molecule has 2 amide bonds. The first-order chi connectivity index (χ1) is 10.3. The smallest absolute Gasteiger partial charge is 0.337 e. The topological polar surface area (TPSA) is 111 Å². The van der Waals surface area contributed by atoms with Crippen LogP contribution in [0.1, 0.15) is 18.5 Å². The van der Waals surface area contributed by atoms with Crippen molar-refractivity contribution in [2.24, 2.45) is 0 Å². The quantitative estimate of drug-likeness (QED) is 0.502. The van der Waals surface area contributed by atoms with E-state index in [1.54, 1.807) is 6.92 Å². The number of nitro groups is 1. The number of nitrogens with one attached hydrogen (secondary N) is 2. The molecule has 9 heteroatoms. The van der Waals surface area contributed by atoms with E-state index in [0.717, 1.165) is 0 Å². The van der Waals surface area contributed by atoms with E-state index in [2.05, 4.69) is 10.6 Å². The number of methoxy groups -OCH3 is 1. The number of hydrogen-bond donors (Lipinski definition) is 2. The lowest BCUT2D eigenvalue weighted by Gasteiger charge is -2.27. The van der Waals surface area contributed by atoms with Crippen molar-refractivity contribution in [2.75, 3.05) is 7.11 Å². The number of amides is 2. The summed E-state index contributed by atoms with van der Waals surface area (Å²) in [5, 5.41) is 15.9. The highest BCUT2D eigenvalue weighted by atomic mass is 35.5. The van der Waals surface area contributed by atoms with Gasteiger partial charge in [-0.05, 0) is 18.6 Å². The van der Waals surface area contributed by atoms with Crippen molar-refractivity contribution in [3.05, 3.63) is 50.2 Å². The van der Waals surface area contributed by atoms with E-state index in [0.29, 0.717) is 11.3 Å². The van der Waals surface area contributed by atoms with Gasteiger partial charge in [0.05, 0.1) is 23.6 Å². The molecule has 0 fully saturated rings. The Morgan fingerprint density at radius 3 is 2.73 bits per heavy atom. The molecule has 0 aromatic heterocycles. The van der Waals surface area contributed by atoms with E-state index in [1.165, 1.54) is 25.3 Å². The number of carbonyl (C=O) groups excluding carboxylic acids is 2. The van der Waals surface area contributed by atoms with Gasteiger partial charge in [0.2, 0.25) is 0 Å². The molecule has 0 spiro atoms. The number of benzene rings is 1. The minimum atomic E-state index is -0.864. The van der Waals surface area contributed by atoms with Gasteiger partial charge >= 0.3 is 12.0 Å². The highest BCUT2D eigenvalue weighted by Gasteiger charge is 2.32. The molecule has 1 aromatic rings. The van der Waals surface area contributed by atoms with E-state index in [-0.39, 0.29) is 16.3 Å². The van der Waals surface area contributed by atoms with Crippen LogP contribution in [0, 0.1) is 10.1 Å². The predicted octanol–water partition coefficient (Wildman–Crippen LogP) is 2.05. The summed E-state index contributed by atoms with van der Waals surface area (Å²) in [5.74, 6) is -0.646. The number of rotatable bonds is 3. The van der Waals surface area contributed by atoms with Crippen molar-refractivity contribution in [1.82, 2.24) is 10.6 Å². The van der Waals surface area contributed by atoms with Crippen LogP contribution < -0.4 is 10.6 Å². The first-order valence-corrected chi connectivity index (χ1v) is 6.53. The van der Waals surface area contributed by atoms with Gasteiger partial charge in [-0.15, -0.1) is 0 Å². The molecule has 2 N–H and O–H groups in total. The maximum atomic E-state index is 11.9. The van der Waals surface area contributed by atoms with Gasteiger partial charge in [0, 0.05) is 11.8 Å². The van der Waals surface area contributed by atoms with Gasteiger partial charge in [-0.25, -0.2) is 9.59 Å². The van der Waals surface area contributed by atoms with Crippen molar-refractivity contribution < 1.29 is 19.2 Å². The average Bonchev–Trinajstić information content (AvgIpc) is 2.46. The number of esters is 1. The number of carbonyl (C=O) groups is 2. The summed E-state index contributed by atoms with van der Waals surface area (Å²) >= 11 is 5.77. The minimum absolute atomic E-state index is 0.0330. The van der Waals surface area contributed by atoms with Crippen LogP contribution in [0.15, 0.2) is 29.5 Å². The van der Waals surface area contributed by atoms with Crippen LogP contribution in [0.2, 0.25) is 5.02 Å². The molecule has 8 nitrogen and oxygen atoms in total. The van der Waals surface area contributed by atoms with Crippen molar-refractivity contribution in [1.29, 1.82) is 0 Å². The fraction of sp³-hybridized carbons (Fsp3) is 0.231. The molecule has 1 atom stereocenters. The maximum absolute atomic E-state index is 11.9. The molecule has 0 saturated heterocycles. The Morgan fingerprint density at radius 2 is 2.14 bits per heavy atom. The van der Waals surface area contributed by atoms with Crippen LogP contribution in [0.3, 0.4) is 0 Å². The summed E-state index contributed by atoms with van der Waals surface area (Å²) < 4.78 is 4.70. The molecule has 1 aliphatic rings. The molecule has 22 heavy (non-hydrogen) atoms. The second kappa shape index (κ2) is 6.02. The molecule has 0 unspecified atom stereocenters. The molecule has 0 aliphatic carbocycles. The van der Waals surface area contributed by atoms with Crippen LogP contribution in [-0.4, -0.2) is 24.0 Å². The molecular formula is C13H12ClN3O5. The van der Waals surface area contributed by atoms with Crippen LogP contribution in [0.5, 0.6) is 0 Å². The minimum Gasteiger partial charge on any atom is -0.466 e. The highest BCUT2D eigenvalue weighted by molar-refractivity contribution is 6.32. The number of nitro benzene ring substituents is 1. The normalized spacial score (nSPS) is 17.6. The Labute approximate surface area is 130 Å².